The van der Waals surface area contributed by atoms with Crippen LogP contribution in [0.2, 0.25) is 0 Å². The molecule has 1 aliphatic rings. The van der Waals surface area contributed by atoms with Crippen LogP contribution in [0.5, 0.6) is 0 Å². The molecule has 2 nitrogen and oxygen atoms in total. The van der Waals surface area contributed by atoms with Crippen molar-refractivity contribution in [2.45, 2.75) is 66.3 Å². The summed E-state index contributed by atoms with van der Waals surface area (Å²) in [4.78, 5) is 11.8. The Bertz CT molecular complexity index is 308. The Kier molecular flexibility index (Phi) is 3.81. The Morgan fingerprint density at radius 3 is 1.72 bits per heavy atom. The zero-order valence-electron chi connectivity index (χ0n) is 12.2. The van der Waals surface area contributed by atoms with Gasteiger partial charge in [-0.15, -0.1) is 0 Å². The third kappa shape index (κ3) is 3.42. The van der Waals surface area contributed by atoms with Crippen molar-refractivity contribution in [3.63, 3.8) is 0 Å². The van der Waals surface area contributed by atoms with Gasteiger partial charge in [0.05, 0.1) is 0 Å². The fraction of sp³-hybridized carbons (Fsp3) is 0.929. The van der Waals surface area contributed by atoms with Gasteiger partial charge in [-0.25, -0.2) is 0 Å². The van der Waals surface area contributed by atoms with E-state index in [1.54, 1.807) is 0 Å². The molecule has 0 aromatic carbocycles. The van der Waals surface area contributed by atoms with Gasteiger partial charge in [-0.2, -0.15) is 8.78 Å². The van der Waals surface area contributed by atoms with Crippen molar-refractivity contribution in [1.29, 1.82) is 0 Å². The van der Waals surface area contributed by atoms with Crippen molar-refractivity contribution in [3.05, 3.63) is 0 Å². The molecule has 0 heterocycles. The van der Waals surface area contributed by atoms with Gasteiger partial charge in [-0.3, -0.25) is 4.79 Å². The molecule has 18 heavy (non-hydrogen) atoms. The van der Waals surface area contributed by atoms with Crippen LogP contribution in [0.3, 0.4) is 0 Å². The SMILES string of the molecule is CC(C)(C)C(NC(=O)C(F)(F)C1CC1)C(C)(C)C. The predicted octanol–water partition coefficient (Wildman–Crippen LogP) is 3.61. The topological polar surface area (TPSA) is 29.1 Å². The molecule has 0 spiro atoms. The summed E-state index contributed by atoms with van der Waals surface area (Å²) in [5.41, 5.74) is -0.513. The smallest absolute Gasteiger partial charge is 0.327 e. The van der Waals surface area contributed by atoms with Crippen LogP contribution >= 0.6 is 0 Å². The zero-order chi connectivity index (χ0) is 14.4. The van der Waals surface area contributed by atoms with E-state index in [1.165, 1.54) is 0 Å². The molecule has 0 saturated heterocycles. The van der Waals surface area contributed by atoms with Crippen molar-refractivity contribution >= 4 is 5.91 Å². The van der Waals surface area contributed by atoms with E-state index in [1.807, 2.05) is 41.5 Å². The van der Waals surface area contributed by atoms with E-state index in [4.69, 9.17) is 0 Å². The van der Waals surface area contributed by atoms with Crippen LogP contribution in [0, 0.1) is 16.7 Å². The molecule has 0 radical (unpaired) electrons. The molecule has 1 saturated carbocycles. The second-order valence-electron chi connectivity index (χ2n) is 7.54. The van der Waals surface area contributed by atoms with E-state index >= 15 is 0 Å². The van der Waals surface area contributed by atoms with Gasteiger partial charge >= 0.3 is 5.92 Å². The molecule has 0 aliphatic heterocycles. The van der Waals surface area contributed by atoms with Crippen LogP contribution in [0.1, 0.15) is 54.4 Å². The highest BCUT2D eigenvalue weighted by Crippen LogP contribution is 2.44. The summed E-state index contributed by atoms with van der Waals surface area (Å²) in [7, 11) is 0. The highest BCUT2D eigenvalue weighted by Gasteiger charge is 2.54. The molecule has 1 amide bonds. The standard InChI is InChI=1S/C14H25F2NO/c1-12(2,3)10(13(4,5)6)17-11(18)14(15,16)9-7-8-9/h9-10H,7-8H2,1-6H3,(H,17,18). The number of hydrogen-bond donors (Lipinski definition) is 1. The van der Waals surface area contributed by atoms with Gasteiger partial charge in [-0.05, 0) is 23.7 Å². The predicted molar refractivity (Wildman–Crippen MR) is 68.5 cm³/mol. The minimum absolute atomic E-state index is 0.256. The minimum atomic E-state index is -3.21. The lowest BCUT2D eigenvalue weighted by Gasteiger charge is -2.41. The van der Waals surface area contributed by atoms with Crippen LogP contribution in [0.4, 0.5) is 8.78 Å². The number of rotatable bonds is 3. The first kappa shape index (κ1) is 15.4. The quantitative estimate of drug-likeness (QED) is 0.826. The molecule has 0 aromatic heterocycles. The summed E-state index contributed by atoms with van der Waals surface area (Å²) < 4.78 is 27.5. The molecule has 1 fully saturated rings. The summed E-state index contributed by atoms with van der Waals surface area (Å²) in [5.74, 6) is -5.08. The Morgan fingerprint density at radius 2 is 1.44 bits per heavy atom. The van der Waals surface area contributed by atoms with Crippen LogP contribution in [0.25, 0.3) is 0 Å². The van der Waals surface area contributed by atoms with Gasteiger partial charge < -0.3 is 5.32 Å². The lowest BCUT2D eigenvalue weighted by atomic mass is 9.72. The molecule has 1 aliphatic carbocycles. The fourth-order valence-corrected chi connectivity index (χ4v) is 2.59. The third-order valence-corrected chi connectivity index (χ3v) is 3.40. The number of halogens is 2. The van der Waals surface area contributed by atoms with Crippen LogP contribution in [-0.2, 0) is 4.79 Å². The maximum atomic E-state index is 13.7. The minimum Gasteiger partial charge on any atom is -0.347 e. The zero-order valence-corrected chi connectivity index (χ0v) is 12.2. The van der Waals surface area contributed by atoms with Gasteiger partial charge in [0, 0.05) is 12.0 Å². The summed E-state index contributed by atoms with van der Waals surface area (Å²) in [6.45, 7) is 11.7. The molecule has 4 heteroatoms. The van der Waals surface area contributed by atoms with E-state index < -0.39 is 17.7 Å². The molecular weight excluding hydrogens is 236 g/mol. The highest BCUT2D eigenvalue weighted by molar-refractivity contribution is 5.84. The first-order valence-electron chi connectivity index (χ1n) is 6.55. The molecule has 1 rings (SSSR count). The Balaban J connectivity index is 2.82. The van der Waals surface area contributed by atoms with Gasteiger partial charge in [-0.1, -0.05) is 41.5 Å². The fourth-order valence-electron chi connectivity index (χ4n) is 2.59. The maximum absolute atomic E-state index is 13.7. The third-order valence-electron chi connectivity index (χ3n) is 3.40. The van der Waals surface area contributed by atoms with E-state index in [9.17, 15) is 13.6 Å². The van der Waals surface area contributed by atoms with Crippen molar-refractivity contribution in [1.82, 2.24) is 5.32 Å². The number of carbonyl (C=O) groups is 1. The van der Waals surface area contributed by atoms with Crippen molar-refractivity contribution in [2.75, 3.05) is 0 Å². The monoisotopic (exact) mass is 261 g/mol. The Morgan fingerprint density at radius 1 is 1.06 bits per heavy atom. The van der Waals surface area contributed by atoms with E-state index in [2.05, 4.69) is 5.32 Å². The van der Waals surface area contributed by atoms with Crippen LogP contribution in [0.15, 0.2) is 0 Å². The Hall–Kier alpha value is -0.670. The normalized spacial score (nSPS) is 18.1. The van der Waals surface area contributed by atoms with Crippen LogP contribution in [-0.4, -0.2) is 17.9 Å². The number of hydrogen-bond acceptors (Lipinski definition) is 1. The lowest BCUT2D eigenvalue weighted by molar-refractivity contribution is -0.151. The molecule has 0 bridgehead atoms. The molecule has 0 unspecified atom stereocenters. The molecule has 1 N–H and O–H groups in total. The van der Waals surface area contributed by atoms with Crippen molar-refractivity contribution in [3.8, 4) is 0 Å². The maximum Gasteiger partial charge on any atom is 0.327 e. The second kappa shape index (κ2) is 4.46. The first-order chi connectivity index (χ1) is 7.87. The highest BCUT2D eigenvalue weighted by atomic mass is 19.3. The molecular formula is C14H25F2NO. The summed E-state index contributed by atoms with van der Waals surface area (Å²) >= 11 is 0. The summed E-state index contributed by atoms with van der Waals surface area (Å²) in [6.07, 6.45) is 0.909. The average molecular weight is 261 g/mol. The van der Waals surface area contributed by atoms with E-state index in [0.717, 1.165) is 0 Å². The first-order valence-corrected chi connectivity index (χ1v) is 6.55. The second-order valence-corrected chi connectivity index (χ2v) is 7.54. The number of nitrogens with one attached hydrogen (secondary N) is 1. The Labute approximate surface area is 109 Å². The van der Waals surface area contributed by atoms with E-state index in [0.29, 0.717) is 12.8 Å². The lowest BCUT2D eigenvalue weighted by Crippen LogP contribution is -2.56. The van der Waals surface area contributed by atoms with Crippen molar-refractivity contribution in [2.24, 2.45) is 16.7 Å². The summed E-state index contributed by atoms with van der Waals surface area (Å²) in [6, 6.07) is -0.290. The van der Waals surface area contributed by atoms with Crippen molar-refractivity contribution < 1.29 is 13.6 Å². The van der Waals surface area contributed by atoms with E-state index in [-0.39, 0.29) is 16.9 Å². The van der Waals surface area contributed by atoms with Gasteiger partial charge in [0.25, 0.3) is 5.91 Å². The van der Waals surface area contributed by atoms with Gasteiger partial charge in [0.1, 0.15) is 0 Å². The average Bonchev–Trinajstić information content (AvgIpc) is 2.92. The number of carbonyl (C=O) groups excluding carboxylic acids is 1. The molecule has 106 valence electrons. The van der Waals surface area contributed by atoms with Crippen LogP contribution < -0.4 is 5.32 Å². The summed E-state index contributed by atoms with van der Waals surface area (Å²) in [5, 5.41) is 2.57. The molecule has 0 atom stereocenters. The van der Waals surface area contributed by atoms with Gasteiger partial charge in [0.2, 0.25) is 0 Å². The van der Waals surface area contributed by atoms with Gasteiger partial charge in [0.15, 0.2) is 0 Å². The molecule has 0 aromatic rings. The number of alkyl halides is 2. The number of amides is 1. The largest absolute Gasteiger partial charge is 0.347 e.